The third-order valence-corrected chi connectivity index (χ3v) is 2.60. The van der Waals surface area contributed by atoms with Gasteiger partial charge in [0.25, 0.3) is 0 Å². The van der Waals surface area contributed by atoms with Crippen molar-refractivity contribution < 1.29 is 14.6 Å². The fourth-order valence-corrected chi connectivity index (χ4v) is 1.69. The van der Waals surface area contributed by atoms with Crippen LogP contribution in [0.1, 0.15) is 24.1 Å². The van der Waals surface area contributed by atoms with Gasteiger partial charge in [0.05, 0.1) is 6.61 Å². The van der Waals surface area contributed by atoms with Crippen molar-refractivity contribution in [3.05, 3.63) is 22.4 Å². The Bertz CT molecular complexity index is 256. The highest BCUT2D eigenvalue weighted by atomic mass is 32.1. The third kappa shape index (κ3) is 4.99. The molecule has 1 heterocycles. The van der Waals surface area contributed by atoms with Crippen LogP contribution < -0.4 is 0 Å². The Balaban J connectivity index is 1.92. The van der Waals surface area contributed by atoms with E-state index in [0.717, 1.165) is 6.42 Å². The van der Waals surface area contributed by atoms with Gasteiger partial charge in [-0.3, -0.25) is 4.79 Å². The number of hydrogen-bond acceptors (Lipinski definition) is 3. The van der Waals surface area contributed by atoms with Crippen LogP contribution in [0.4, 0.5) is 0 Å². The maximum absolute atomic E-state index is 10.2. The monoisotopic (exact) mass is 214 g/mol. The average Bonchev–Trinajstić information content (AvgIpc) is 2.63. The Kier molecular flexibility index (Phi) is 5.25. The second-order valence-electron chi connectivity index (χ2n) is 2.98. The van der Waals surface area contributed by atoms with Gasteiger partial charge in [0.1, 0.15) is 0 Å². The molecule has 0 atom stereocenters. The smallest absolute Gasteiger partial charge is 0.303 e. The second-order valence-corrected chi connectivity index (χ2v) is 4.02. The van der Waals surface area contributed by atoms with Gasteiger partial charge in [0, 0.05) is 17.9 Å². The van der Waals surface area contributed by atoms with E-state index in [1.807, 2.05) is 17.5 Å². The first-order valence-corrected chi connectivity index (χ1v) is 5.49. The van der Waals surface area contributed by atoms with Gasteiger partial charge < -0.3 is 9.84 Å². The first-order valence-electron chi connectivity index (χ1n) is 4.61. The molecule has 3 nitrogen and oxygen atoms in total. The van der Waals surface area contributed by atoms with E-state index in [4.69, 9.17) is 9.84 Å². The number of carboxylic acids is 1. The lowest BCUT2D eigenvalue weighted by Gasteiger charge is -2.00. The van der Waals surface area contributed by atoms with Crippen molar-refractivity contribution in [2.24, 2.45) is 0 Å². The lowest BCUT2D eigenvalue weighted by molar-refractivity contribution is -0.137. The van der Waals surface area contributed by atoms with E-state index in [9.17, 15) is 4.79 Å². The fourth-order valence-electron chi connectivity index (χ4n) is 1.05. The Morgan fingerprint density at radius 1 is 1.50 bits per heavy atom. The Labute approximate surface area is 87.3 Å². The van der Waals surface area contributed by atoms with E-state index in [-0.39, 0.29) is 6.42 Å². The van der Waals surface area contributed by atoms with Gasteiger partial charge >= 0.3 is 5.97 Å². The zero-order chi connectivity index (χ0) is 10.2. The lowest BCUT2D eigenvalue weighted by Crippen LogP contribution is -1.98. The minimum Gasteiger partial charge on any atom is -0.481 e. The molecule has 1 aromatic heterocycles. The summed E-state index contributed by atoms with van der Waals surface area (Å²) in [6.45, 7) is 1.29. The molecule has 0 saturated heterocycles. The van der Waals surface area contributed by atoms with E-state index in [1.54, 1.807) is 11.3 Å². The number of carboxylic acid groups (broad SMARTS) is 1. The molecule has 0 radical (unpaired) electrons. The maximum Gasteiger partial charge on any atom is 0.303 e. The van der Waals surface area contributed by atoms with Crippen LogP contribution in [0.25, 0.3) is 0 Å². The summed E-state index contributed by atoms with van der Waals surface area (Å²) < 4.78 is 5.38. The van der Waals surface area contributed by atoms with Crippen LogP contribution in [0.2, 0.25) is 0 Å². The van der Waals surface area contributed by atoms with Gasteiger partial charge in [-0.2, -0.15) is 0 Å². The highest BCUT2D eigenvalue weighted by Gasteiger charge is 1.97. The van der Waals surface area contributed by atoms with E-state index in [1.165, 1.54) is 4.88 Å². The molecule has 0 saturated carbocycles. The summed E-state index contributed by atoms with van der Waals surface area (Å²) in [4.78, 5) is 11.4. The molecule has 0 fully saturated rings. The van der Waals surface area contributed by atoms with Gasteiger partial charge in [-0.25, -0.2) is 0 Å². The Hall–Kier alpha value is -0.870. The molecule has 0 unspecified atom stereocenters. The van der Waals surface area contributed by atoms with Crippen molar-refractivity contribution in [3.63, 3.8) is 0 Å². The predicted octanol–water partition coefficient (Wildman–Crippen LogP) is 2.52. The SMILES string of the molecule is O=C(O)CCCCOCc1cccs1. The molecule has 1 aromatic rings. The summed E-state index contributed by atoms with van der Waals surface area (Å²) in [5.74, 6) is -0.733. The number of unbranched alkanes of at least 4 members (excludes halogenated alkanes) is 1. The predicted molar refractivity (Wildman–Crippen MR) is 55.5 cm³/mol. The summed E-state index contributed by atoms with van der Waals surface area (Å²) >= 11 is 1.67. The van der Waals surface area contributed by atoms with Crippen LogP contribution in [-0.2, 0) is 16.1 Å². The molecule has 4 heteroatoms. The van der Waals surface area contributed by atoms with Gasteiger partial charge in [-0.15, -0.1) is 11.3 Å². The van der Waals surface area contributed by atoms with E-state index >= 15 is 0 Å². The quantitative estimate of drug-likeness (QED) is 0.709. The standard InChI is InChI=1S/C10H14O3S/c11-10(12)5-1-2-6-13-8-9-4-3-7-14-9/h3-4,7H,1-2,5-6,8H2,(H,11,12). The third-order valence-electron chi connectivity index (χ3n) is 1.75. The van der Waals surface area contributed by atoms with Crippen molar-refractivity contribution in [3.8, 4) is 0 Å². The summed E-state index contributed by atoms with van der Waals surface area (Å²) in [6.07, 6.45) is 1.75. The Morgan fingerprint density at radius 2 is 2.36 bits per heavy atom. The summed E-state index contributed by atoms with van der Waals surface area (Å²) in [5.41, 5.74) is 0. The largest absolute Gasteiger partial charge is 0.481 e. The van der Waals surface area contributed by atoms with Crippen LogP contribution in [0.5, 0.6) is 0 Å². The molecule has 0 aliphatic rings. The molecular weight excluding hydrogens is 200 g/mol. The minimum atomic E-state index is -0.733. The van der Waals surface area contributed by atoms with E-state index in [2.05, 4.69) is 0 Å². The topological polar surface area (TPSA) is 46.5 Å². The van der Waals surface area contributed by atoms with Crippen LogP contribution in [0.3, 0.4) is 0 Å². The molecule has 0 aliphatic carbocycles. The number of rotatable bonds is 7. The first kappa shape index (κ1) is 11.2. The molecule has 0 bridgehead atoms. The molecule has 0 aliphatic heterocycles. The molecule has 0 spiro atoms. The van der Waals surface area contributed by atoms with Crippen molar-refractivity contribution in [2.45, 2.75) is 25.9 Å². The van der Waals surface area contributed by atoms with Gasteiger partial charge in [-0.1, -0.05) is 6.07 Å². The van der Waals surface area contributed by atoms with Crippen LogP contribution in [0.15, 0.2) is 17.5 Å². The number of aliphatic carboxylic acids is 1. The number of carbonyl (C=O) groups is 1. The van der Waals surface area contributed by atoms with E-state index in [0.29, 0.717) is 19.6 Å². The van der Waals surface area contributed by atoms with Crippen molar-refractivity contribution in [1.82, 2.24) is 0 Å². The van der Waals surface area contributed by atoms with Crippen LogP contribution >= 0.6 is 11.3 Å². The van der Waals surface area contributed by atoms with Crippen LogP contribution in [-0.4, -0.2) is 17.7 Å². The summed E-state index contributed by atoms with van der Waals surface area (Å²) in [6, 6.07) is 4.02. The molecule has 0 aromatic carbocycles. The Morgan fingerprint density at radius 3 is 3.00 bits per heavy atom. The number of thiophene rings is 1. The van der Waals surface area contributed by atoms with Crippen molar-refractivity contribution in [2.75, 3.05) is 6.61 Å². The molecule has 78 valence electrons. The first-order chi connectivity index (χ1) is 6.79. The molecule has 14 heavy (non-hydrogen) atoms. The lowest BCUT2D eigenvalue weighted by atomic mass is 10.2. The van der Waals surface area contributed by atoms with Gasteiger partial charge in [-0.05, 0) is 24.3 Å². The normalized spacial score (nSPS) is 10.3. The zero-order valence-corrected chi connectivity index (χ0v) is 8.76. The fraction of sp³-hybridized carbons (Fsp3) is 0.500. The van der Waals surface area contributed by atoms with Gasteiger partial charge in [0.15, 0.2) is 0 Å². The maximum atomic E-state index is 10.2. The molecule has 1 rings (SSSR count). The molecule has 1 N–H and O–H groups in total. The number of ether oxygens (including phenoxy) is 1. The minimum absolute atomic E-state index is 0.238. The van der Waals surface area contributed by atoms with Crippen molar-refractivity contribution in [1.29, 1.82) is 0 Å². The van der Waals surface area contributed by atoms with Gasteiger partial charge in [0.2, 0.25) is 0 Å². The highest BCUT2D eigenvalue weighted by molar-refractivity contribution is 7.09. The zero-order valence-electron chi connectivity index (χ0n) is 7.94. The summed E-state index contributed by atoms with van der Waals surface area (Å²) in [5, 5.41) is 10.4. The van der Waals surface area contributed by atoms with E-state index < -0.39 is 5.97 Å². The van der Waals surface area contributed by atoms with Crippen LogP contribution in [0, 0.1) is 0 Å². The molecular formula is C10H14O3S. The summed E-state index contributed by atoms with van der Waals surface area (Å²) in [7, 11) is 0. The average molecular weight is 214 g/mol. The molecule has 0 amide bonds. The highest BCUT2D eigenvalue weighted by Crippen LogP contribution is 2.09. The van der Waals surface area contributed by atoms with Crippen molar-refractivity contribution >= 4 is 17.3 Å². The second kappa shape index (κ2) is 6.56. The number of hydrogen-bond donors (Lipinski definition) is 1.